The van der Waals surface area contributed by atoms with Crippen molar-refractivity contribution in [1.82, 2.24) is 14.8 Å². The van der Waals surface area contributed by atoms with Crippen molar-refractivity contribution in [3.63, 3.8) is 0 Å². The summed E-state index contributed by atoms with van der Waals surface area (Å²) in [5, 5.41) is 1.45. The van der Waals surface area contributed by atoms with Crippen LogP contribution in [0.4, 0.5) is 0 Å². The van der Waals surface area contributed by atoms with Crippen LogP contribution in [0.15, 0.2) is 60.8 Å². The predicted molar refractivity (Wildman–Crippen MR) is 105 cm³/mol. The zero-order chi connectivity index (χ0) is 18.8. The maximum atomic E-state index is 13.0. The molecule has 0 unspecified atom stereocenters. The number of rotatable bonds is 2. The standard InChI is InChI=1S/C21H18ClN3O2/c22-16-8-6-15(7-9-16)20(26)24-11-13-25(14-12-24)21(27)18-3-1-5-19-17(18)4-2-10-23-19/h1-10H,11-14H2. The van der Waals surface area contributed by atoms with Crippen LogP contribution in [-0.2, 0) is 0 Å². The Morgan fingerprint density at radius 2 is 1.48 bits per heavy atom. The molecule has 0 aliphatic carbocycles. The van der Waals surface area contributed by atoms with Crippen molar-refractivity contribution in [2.45, 2.75) is 0 Å². The number of hydrogen-bond acceptors (Lipinski definition) is 3. The zero-order valence-corrected chi connectivity index (χ0v) is 15.4. The summed E-state index contributed by atoms with van der Waals surface area (Å²) < 4.78 is 0. The highest BCUT2D eigenvalue weighted by molar-refractivity contribution is 6.30. The van der Waals surface area contributed by atoms with E-state index in [0.29, 0.717) is 42.3 Å². The Bertz CT molecular complexity index is 990. The Labute approximate surface area is 162 Å². The fourth-order valence-electron chi connectivity index (χ4n) is 3.35. The predicted octanol–water partition coefficient (Wildman–Crippen LogP) is 3.49. The molecule has 0 radical (unpaired) electrons. The first-order chi connectivity index (χ1) is 13.1. The van der Waals surface area contributed by atoms with E-state index in [4.69, 9.17) is 11.6 Å². The summed E-state index contributed by atoms with van der Waals surface area (Å²) in [5.41, 5.74) is 2.07. The smallest absolute Gasteiger partial charge is 0.254 e. The van der Waals surface area contributed by atoms with Crippen LogP contribution in [0, 0.1) is 0 Å². The van der Waals surface area contributed by atoms with Crippen LogP contribution < -0.4 is 0 Å². The van der Waals surface area contributed by atoms with E-state index < -0.39 is 0 Å². The van der Waals surface area contributed by atoms with Crippen molar-refractivity contribution in [3.8, 4) is 0 Å². The van der Waals surface area contributed by atoms with Gasteiger partial charge in [-0.2, -0.15) is 0 Å². The maximum Gasteiger partial charge on any atom is 0.254 e. The van der Waals surface area contributed by atoms with Crippen LogP contribution in [0.1, 0.15) is 20.7 Å². The molecule has 2 aromatic carbocycles. The molecule has 27 heavy (non-hydrogen) atoms. The molecule has 0 saturated carbocycles. The number of amides is 2. The molecular weight excluding hydrogens is 362 g/mol. The molecule has 136 valence electrons. The van der Waals surface area contributed by atoms with Crippen molar-refractivity contribution in [1.29, 1.82) is 0 Å². The summed E-state index contributed by atoms with van der Waals surface area (Å²) in [6, 6.07) is 16.2. The molecule has 1 aliphatic heterocycles. The number of halogens is 1. The number of nitrogens with zero attached hydrogens (tertiary/aromatic N) is 3. The lowest BCUT2D eigenvalue weighted by molar-refractivity contribution is 0.0536. The molecule has 0 N–H and O–H groups in total. The van der Waals surface area contributed by atoms with Crippen LogP contribution in [-0.4, -0.2) is 52.8 Å². The minimum absolute atomic E-state index is 0.0211. The number of benzene rings is 2. The van der Waals surface area contributed by atoms with E-state index in [-0.39, 0.29) is 11.8 Å². The molecule has 0 bridgehead atoms. The van der Waals surface area contributed by atoms with Crippen LogP contribution in [0.2, 0.25) is 5.02 Å². The number of hydrogen-bond donors (Lipinski definition) is 0. The van der Waals surface area contributed by atoms with Crippen molar-refractivity contribution < 1.29 is 9.59 Å². The molecule has 0 atom stereocenters. The summed E-state index contributed by atoms with van der Waals surface area (Å²) in [6.07, 6.45) is 1.72. The van der Waals surface area contributed by atoms with E-state index in [9.17, 15) is 9.59 Å². The third-order valence-electron chi connectivity index (χ3n) is 4.82. The SMILES string of the molecule is O=C(c1ccc(Cl)cc1)N1CCN(C(=O)c2cccc3ncccc23)CC1. The van der Waals surface area contributed by atoms with Crippen molar-refractivity contribution in [3.05, 3.63) is 76.9 Å². The Hall–Kier alpha value is -2.92. The number of piperazine rings is 1. The van der Waals surface area contributed by atoms with Gasteiger partial charge in [0.1, 0.15) is 0 Å². The molecule has 3 aromatic rings. The highest BCUT2D eigenvalue weighted by Gasteiger charge is 2.26. The molecule has 1 aromatic heterocycles. The third kappa shape index (κ3) is 3.51. The van der Waals surface area contributed by atoms with Gasteiger partial charge in [-0.05, 0) is 42.5 Å². The van der Waals surface area contributed by atoms with Gasteiger partial charge in [0.25, 0.3) is 11.8 Å². The molecule has 2 heterocycles. The van der Waals surface area contributed by atoms with Gasteiger partial charge < -0.3 is 9.80 Å². The first-order valence-electron chi connectivity index (χ1n) is 8.81. The highest BCUT2D eigenvalue weighted by atomic mass is 35.5. The van der Waals surface area contributed by atoms with Gasteiger partial charge in [0.05, 0.1) is 5.52 Å². The van der Waals surface area contributed by atoms with Crippen LogP contribution in [0.25, 0.3) is 10.9 Å². The summed E-state index contributed by atoms with van der Waals surface area (Å²) in [7, 11) is 0. The van der Waals surface area contributed by atoms with E-state index in [1.54, 1.807) is 40.3 Å². The van der Waals surface area contributed by atoms with Crippen molar-refractivity contribution in [2.24, 2.45) is 0 Å². The van der Waals surface area contributed by atoms with Gasteiger partial charge in [-0.3, -0.25) is 14.6 Å². The zero-order valence-electron chi connectivity index (χ0n) is 14.6. The summed E-state index contributed by atoms with van der Waals surface area (Å²) in [6.45, 7) is 2.04. The van der Waals surface area contributed by atoms with E-state index in [1.807, 2.05) is 30.3 Å². The number of carbonyl (C=O) groups excluding carboxylic acids is 2. The first-order valence-corrected chi connectivity index (χ1v) is 9.19. The summed E-state index contributed by atoms with van der Waals surface area (Å²) >= 11 is 5.88. The average molecular weight is 380 g/mol. The first kappa shape index (κ1) is 17.5. The average Bonchev–Trinajstić information content (AvgIpc) is 2.73. The van der Waals surface area contributed by atoms with E-state index in [0.717, 1.165) is 10.9 Å². The normalized spacial score (nSPS) is 14.4. The lowest BCUT2D eigenvalue weighted by atomic mass is 10.1. The van der Waals surface area contributed by atoms with Crippen LogP contribution >= 0.6 is 11.6 Å². The van der Waals surface area contributed by atoms with Crippen LogP contribution in [0.3, 0.4) is 0 Å². The minimum atomic E-state index is -0.0341. The van der Waals surface area contributed by atoms with Crippen molar-refractivity contribution in [2.75, 3.05) is 26.2 Å². The molecule has 4 rings (SSSR count). The third-order valence-corrected chi connectivity index (χ3v) is 5.07. The van der Waals surface area contributed by atoms with E-state index in [2.05, 4.69) is 4.98 Å². The Kier molecular flexibility index (Phi) is 4.77. The van der Waals surface area contributed by atoms with Gasteiger partial charge in [-0.15, -0.1) is 0 Å². The molecule has 6 heteroatoms. The molecule has 1 aliphatic rings. The van der Waals surface area contributed by atoms with E-state index in [1.165, 1.54) is 0 Å². The maximum absolute atomic E-state index is 13.0. The molecule has 5 nitrogen and oxygen atoms in total. The largest absolute Gasteiger partial charge is 0.335 e. The summed E-state index contributed by atoms with van der Waals surface area (Å²) in [5.74, 6) is -0.0553. The Morgan fingerprint density at radius 1 is 0.815 bits per heavy atom. The Balaban J connectivity index is 1.46. The second-order valence-electron chi connectivity index (χ2n) is 6.47. The monoisotopic (exact) mass is 379 g/mol. The lowest BCUT2D eigenvalue weighted by Gasteiger charge is -2.35. The fraction of sp³-hybridized carbons (Fsp3) is 0.190. The molecule has 1 fully saturated rings. The molecule has 1 saturated heterocycles. The quantitative estimate of drug-likeness (QED) is 0.685. The number of pyridine rings is 1. The minimum Gasteiger partial charge on any atom is -0.335 e. The summed E-state index contributed by atoms with van der Waals surface area (Å²) in [4.78, 5) is 33.5. The second kappa shape index (κ2) is 7.37. The highest BCUT2D eigenvalue weighted by Crippen LogP contribution is 2.20. The fourth-order valence-corrected chi connectivity index (χ4v) is 3.47. The van der Waals surface area contributed by atoms with Gasteiger partial charge in [0.2, 0.25) is 0 Å². The van der Waals surface area contributed by atoms with Crippen LogP contribution in [0.5, 0.6) is 0 Å². The second-order valence-corrected chi connectivity index (χ2v) is 6.90. The lowest BCUT2D eigenvalue weighted by Crippen LogP contribution is -2.50. The van der Waals surface area contributed by atoms with Gasteiger partial charge in [0.15, 0.2) is 0 Å². The van der Waals surface area contributed by atoms with Gasteiger partial charge in [-0.25, -0.2) is 0 Å². The Morgan fingerprint density at radius 3 is 2.19 bits per heavy atom. The number of carbonyl (C=O) groups is 2. The molecule has 0 spiro atoms. The van der Waals surface area contributed by atoms with Gasteiger partial charge in [-0.1, -0.05) is 23.7 Å². The van der Waals surface area contributed by atoms with Gasteiger partial charge in [0, 0.05) is 53.9 Å². The molecular formula is C21H18ClN3O2. The number of aromatic nitrogens is 1. The molecule has 2 amide bonds. The van der Waals surface area contributed by atoms with Crippen molar-refractivity contribution >= 4 is 34.3 Å². The van der Waals surface area contributed by atoms with E-state index >= 15 is 0 Å². The topological polar surface area (TPSA) is 53.5 Å². The number of fused-ring (bicyclic) bond motifs is 1. The van der Waals surface area contributed by atoms with Gasteiger partial charge >= 0.3 is 0 Å².